The van der Waals surface area contributed by atoms with Crippen LogP contribution in [0.1, 0.15) is 43.0 Å². The molecular weight excluding hydrogens is 522 g/mol. The maximum absolute atomic E-state index is 10.3. The molecule has 0 saturated carbocycles. The summed E-state index contributed by atoms with van der Waals surface area (Å²) in [6, 6.07) is 20.4. The number of aliphatic hydroxyl groups is 1. The van der Waals surface area contributed by atoms with Gasteiger partial charge < -0.3 is 29.6 Å². The second kappa shape index (κ2) is 11.0. The number of hydrogen-bond donors (Lipinski definition) is 3. The molecule has 0 amide bonds. The summed E-state index contributed by atoms with van der Waals surface area (Å²) in [5, 5.41) is 25.4. The third kappa shape index (κ3) is 5.38. The molecule has 1 aliphatic heterocycles. The van der Waals surface area contributed by atoms with E-state index >= 15 is 0 Å². The standard InChI is InChI=1S/C30H29N7O4/c1-30(2)26-19(29(39-3)41-30)12-13-24(35-26)34-25-15-22(33-23(17-38)18-9-5-4-6-10-18)20(16-32-25)27-36-37-28(40-27)21-11-7-8-14-31-21/h4-16,23,29,38H,17H2,1-3H3,(H2,32,33,34,35)/t23-,29?/m1/s1. The number of pyridine rings is 3. The van der Waals surface area contributed by atoms with Crippen LogP contribution in [0.3, 0.4) is 0 Å². The lowest BCUT2D eigenvalue weighted by molar-refractivity contribution is -0.175. The molecule has 0 aliphatic carbocycles. The highest BCUT2D eigenvalue weighted by Crippen LogP contribution is 2.43. The Morgan fingerprint density at radius 3 is 2.54 bits per heavy atom. The molecule has 4 aromatic heterocycles. The first-order valence-electron chi connectivity index (χ1n) is 13.1. The summed E-state index contributed by atoms with van der Waals surface area (Å²) in [7, 11) is 1.61. The molecule has 41 heavy (non-hydrogen) atoms. The van der Waals surface area contributed by atoms with Gasteiger partial charge in [-0.3, -0.25) is 4.98 Å². The van der Waals surface area contributed by atoms with Gasteiger partial charge in [0.15, 0.2) is 6.29 Å². The van der Waals surface area contributed by atoms with Crippen LogP contribution in [0.2, 0.25) is 0 Å². The Kier molecular flexibility index (Phi) is 7.14. The molecule has 1 aliphatic rings. The van der Waals surface area contributed by atoms with E-state index < -0.39 is 17.9 Å². The number of aliphatic hydroxyl groups excluding tert-OH is 1. The molecule has 1 aromatic carbocycles. The summed E-state index contributed by atoms with van der Waals surface area (Å²) >= 11 is 0. The van der Waals surface area contributed by atoms with Gasteiger partial charge in [0.1, 0.15) is 22.9 Å². The van der Waals surface area contributed by atoms with Gasteiger partial charge in [0.05, 0.1) is 29.6 Å². The average Bonchev–Trinajstić information content (AvgIpc) is 3.59. The third-order valence-electron chi connectivity index (χ3n) is 6.78. The number of rotatable bonds is 9. The summed E-state index contributed by atoms with van der Waals surface area (Å²) in [5.74, 6) is 1.67. The lowest BCUT2D eigenvalue weighted by Crippen LogP contribution is -2.18. The summed E-state index contributed by atoms with van der Waals surface area (Å²) in [6.07, 6.45) is 2.84. The van der Waals surface area contributed by atoms with Gasteiger partial charge in [0.25, 0.3) is 11.8 Å². The van der Waals surface area contributed by atoms with Gasteiger partial charge >= 0.3 is 0 Å². The van der Waals surface area contributed by atoms with Crippen LogP contribution in [-0.4, -0.2) is 44.0 Å². The van der Waals surface area contributed by atoms with E-state index in [1.54, 1.807) is 25.6 Å². The predicted octanol–water partition coefficient (Wildman–Crippen LogP) is 5.39. The lowest BCUT2D eigenvalue weighted by Gasteiger charge is -2.20. The maximum Gasteiger partial charge on any atom is 0.266 e. The van der Waals surface area contributed by atoms with E-state index in [2.05, 4.69) is 30.8 Å². The molecule has 2 atom stereocenters. The highest BCUT2D eigenvalue weighted by molar-refractivity contribution is 5.76. The number of methoxy groups -OCH3 is 1. The highest BCUT2D eigenvalue weighted by atomic mass is 16.7. The van der Waals surface area contributed by atoms with Gasteiger partial charge in [0, 0.05) is 31.1 Å². The van der Waals surface area contributed by atoms with Crippen LogP contribution in [0.25, 0.3) is 23.0 Å². The number of ether oxygens (including phenoxy) is 2. The van der Waals surface area contributed by atoms with Gasteiger partial charge in [-0.15, -0.1) is 10.2 Å². The number of fused-ring (bicyclic) bond motifs is 1. The molecule has 11 nitrogen and oxygen atoms in total. The Morgan fingerprint density at radius 2 is 1.78 bits per heavy atom. The molecule has 1 unspecified atom stereocenters. The lowest BCUT2D eigenvalue weighted by atomic mass is 10.0. The van der Waals surface area contributed by atoms with E-state index in [-0.39, 0.29) is 18.4 Å². The summed E-state index contributed by atoms with van der Waals surface area (Å²) < 4.78 is 17.5. The van der Waals surface area contributed by atoms with Crippen molar-refractivity contribution in [2.24, 2.45) is 0 Å². The van der Waals surface area contributed by atoms with Gasteiger partial charge in [-0.1, -0.05) is 36.4 Å². The van der Waals surface area contributed by atoms with Gasteiger partial charge in [-0.25, -0.2) is 9.97 Å². The molecule has 208 valence electrons. The quantitative estimate of drug-likeness (QED) is 0.217. The monoisotopic (exact) mass is 551 g/mol. The minimum Gasteiger partial charge on any atom is -0.414 e. The normalized spacial score (nSPS) is 16.2. The van der Waals surface area contributed by atoms with Crippen LogP contribution in [0, 0.1) is 0 Å². The fourth-order valence-electron chi connectivity index (χ4n) is 4.75. The average molecular weight is 552 g/mol. The van der Waals surface area contributed by atoms with Crippen molar-refractivity contribution >= 4 is 17.3 Å². The molecule has 0 saturated heterocycles. The van der Waals surface area contributed by atoms with Gasteiger partial charge in [-0.2, -0.15) is 0 Å². The Labute approximate surface area is 236 Å². The van der Waals surface area contributed by atoms with E-state index in [0.717, 1.165) is 16.8 Å². The van der Waals surface area contributed by atoms with Crippen LogP contribution < -0.4 is 10.6 Å². The van der Waals surface area contributed by atoms with Crippen molar-refractivity contribution in [2.45, 2.75) is 31.8 Å². The molecule has 5 aromatic rings. The number of benzene rings is 1. The van der Waals surface area contributed by atoms with Crippen molar-refractivity contribution in [1.29, 1.82) is 0 Å². The molecule has 5 heterocycles. The Bertz CT molecular complexity index is 1640. The first kappa shape index (κ1) is 26.5. The zero-order valence-corrected chi connectivity index (χ0v) is 22.8. The van der Waals surface area contributed by atoms with Crippen LogP contribution >= 0.6 is 0 Å². The topological polar surface area (TPSA) is 140 Å². The van der Waals surface area contributed by atoms with Gasteiger partial charge in [-0.05, 0) is 43.7 Å². The minimum atomic E-state index is -0.606. The minimum absolute atomic E-state index is 0.139. The fourth-order valence-corrected chi connectivity index (χ4v) is 4.75. The summed E-state index contributed by atoms with van der Waals surface area (Å²) in [6.45, 7) is 3.78. The SMILES string of the molecule is COC1OC(C)(C)c2nc(Nc3cc(N[C@H](CO)c4ccccc4)c(-c4nnc(-c5ccccn5)o4)cn3)ccc21. The van der Waals surface area contributed by atoms with E-state index in [0.29, 0.717) is 28.6 Å². The second-order valence-electron chi connectivity index (χ2n) is 9.99. The number of nitrogens with one attached hydrogen (secondary N) is 2. The van der Waals surface area contributed by atoms with Crippen molar-refractivity contribution < 1.29 is 19.0 Å². The van der Waals surface area contributed by atoms with Crippen LogP contribution in [0.5, 0.6) is 0 Å². The van der Waals surface area contributed by atoms with Crippen LogP contribution in [0.15, 0.2) is 83.5 Å². The molecular formula is C30H29N7O4. The maximum atomic E-state index is 10.3. The first-order valence-corrected chi connectivity index (χ1v) is 13.1. The zero-order chi connectivity index (χ0) is 28.4. The largest absolute Gasteiger partial charge is 0.414 e. The van der Waals surface area contributed by atoms with Crippen LogP contribution in [0.4, 0.5) is 17.3 Å². The van der Waals surface area contributed by atoms with Crippen molar-refractivity contribution in [3.8, 4) is 23.0 Å². The summed E-state index contributed by atoms with van der Waals surface area (Å²) in [4.78, 5) is 13.7. The number of nitrogens with zero attached hydrogens (tertiary/aromatic N) is 5. The zero-order valence-electron chi connectivity index (χ0n) is 22.8. The fraction of sp³-hybridized carbons (Fsp3) is 0.233. The van der Waals surface area contributed by atoms with Crippen molar-refractivity contribution in [1.82, 2.24) is 25.1 Å². The van der Waals surface area contributed by atoms with E-state index in [9.17, 15) is 5.11 Å². The molecule has 3 N–H and O–H groups in total. The van der Waals surface area contributed by atoms with E-state index in [4.69, 9.17) is 18.9 Å². The molecule has 0 spiro atoms. The predicted molar refractivity (Wildman–Crippen MR) is 152 cm³/mol. The number of anilines is 3. The molecule has 0 radical (unpaired) electrons. The second-order valence-corrected chi connectivity index (χ2v) is 9.99. The Hall–Kier alpha value is -4.71. The highest BCUT2D eigenvalue weighted by Gasteiger charge is 2.39. The van der Waals surface area contributed by atoms with Crippen LogP contribution in [-0.2, 0) is 15.1 Å². The number of aromatic nitrogens is 5. The first-order chi connectivity index (χ1) is 19.9. The van der Waals surface area contributed by atoms with E-state index in [1.807, 2.05) is 74.5 Å². The number of hydrogen-bond acceptors (Lipinski definition) is 11. The smallest absolute Gasteiger partial charge is 0.266 e. The molecule has 6 rings (SSSR count). The Morgan fingerprint density at radius 1 is 0.976 bits per heavy atom. The van der Waals surface area contributed by atoms with Crippen molar-refractivity contribution in [3.63, 3.8) is 0 Å². The summed E-state index contributed by atoms with van der Waals surface area (Å²) in [5.41, 5.74) is 3.76. The Balaban J connectivity index is 1.35. The van der Waals surface area contributed by atoms with Gasteiger partial charge in [0.2, 0.25) is 0 Å². The molecule has 11 heteroatoms. The van der Waals surface area contributed by atoms with E-state index in [1.165, 1.54) is 0 Å². The molecule has 0 fully saturated rings. The third-order valence-corrected chi connectivity index (χ3v) is 6.78. The molecule has 0 bridgehead atoms. The van der Waals surface area contributed by atoms with Crippen molar-refractivity contribution in [3.05, 3.63) is 95.9 Å². The van der Waals surface area contributed by atoms with Crippen molar-refractivity contribution in [2.75, 3.05) is 24.4 Å².